The van der Waals surface area contributed by atoms with Gasteiger partial charge in [0.2, 0.25) is 5.82 Å². The number of aromatic nitrogens is 5. The molecule has 0 fully saturated rings. The van der Waals surface area contributed by atoms with Crippen molar-refractivity contribution in [2.75, 3.05) is 5.32 Å². The SMILES string of the molecule is Cc1noc(C)c1-c1ccc2nc(C(=O)NCc3cncn3C)nc(NCc3cccc(Cl)c3)c2c1. The first-order valence-electron chi connectivity index (χ1n) is 11.4. The Labute approximate surface area is 212 Å². The summed E-state index contributed by atoms with van der Waals surface area (Å²) in [4.78, 5) is 26.2. The molecule has 0 radical (unpaired) electrons. The third-order valence-corrected chi connectivity index (χ3v) is 6.15. The van der Waals surface area contributed by atoms with Crippen LogP contribution in [0.2, 0.25) is 5.02 Å². The zero-order valence-corrected chi connectivity index (χ0v) is 20.8. The second-order valence-corrected chi connectivity index (χ2v) is 8.93. The number of hydrogen-bond donors (Lipinski definition) is 2. The highest BCUT2D eigenvalue weighted by Gasteiger charge is 2.17. The zero-order chi connectivity index (χ0) is 25.2. The molecule has 2 aromatic carbocycles. The fourth-order valence-electron chi connectivity index (χ4n) is 4.05. The van der Waals surface area contributed by atoms with E-state index in [0.717, 1.165) is 39.2 Å². The van der Waals surface area contributed by atoms with Crippen molar-refractivity contribution in [1.29, 1.82) is 0 Å². The fourth-order valence-corrected chi connectivity index (χ4v) is 4.27. The highest BCUT2D eigenvalue weighted by atomic mass is 35.5. The lowest BCUT2D eigenvalue weighted by atomic mass is 10.0. The number of aryl methyl sites for hydroxylation is 3. The fraction of sp³-hybridized carbons (Fsp3) is 0.192. The number of carbonyl (C=O) groups is 1. The van der Waals surface area contributed by atoms with Gasteiger partial charge in [0.15, 0.2) is 0 Å². The van der Waals surface area contributed by atoms with Gasteiger partial charge in [0.25, 0.3) is 5.91 Å². The Balaban J connectivity index is 1.52. The highest BCUT2D eigenvalue weighted by Crippen LogP contribution is 2.31. The second kappa shape index (κ2) is 9.79. The molecule has 0 saturated heterocycles. The maximum Gasteiger partial charge on any atom is 0.289 e. The smallest absolute Gasteiger partial charge is 0.289 e. The Bertz CT molecular complexity index is 1550. The number of amides is 1. The van der Waals surface area contributed by atoms with Crippen LogP contribution in [0.3, 0.4) is 0 Å². The number of carbonyl (C=O) groups excluding carboxylic acids is 1. The van der Waals surface area contributed by atoms with E-state index in [-0.39, 0.29) is 11.7 Å². The van der Waals surface area contributed by atoms with Crippen LogP contribution in [0.15, 0.2) is 59.5 Å². The molecule has 0 atom stereocenters. The number of rotatable bonds is 7. The summed E-state index contributed by atoms with van der Waals surface area (Å²) < 4.78 is 7.20. The van der Waals surface area contributed by atoms with Gasteiger partial charge in [-0.25, -0.2) is 15.0 Å². The van der Waals surface area contributed by atoms with Crippen LogP contribution in [0.4, 0.5) is 5.82 Å². The van der Waals surface area contributed by atoms with Crippen LogP contribution in [0.5, 0.6) is 0 Å². The standard InChI is InChI=1S/C26H24ClN7O2/c1-15-23(16(2)36-33-15)18-7-8-22-21(10-18)24(29-11-17-5-4-6-19(27)9-17)32-25(31-22)26(35)30-13-20-12-28-14-34(20)3/h4-10,12,14H,11,13H2,1-3H3,(H,30,35)(H,29,31,32). The molecule has 182 valence electrons. The van der Waals surface area contributed by atoms with Crippen molar-refractivity contribution in [3.05, 3.63) is 88.5 Å². The molecule has 0 aliphatic heterocycles. The van der Waals surface area contributed by atoms with Gasteiger partial charge in [0.05, 0.1) is 29.8 Å². The summed E-state index contributed by atoms with van der Waals surface area (Å²) >= 11 is 6.16. The van der Waals surface area contributed by atoms with Crippen LogP contribution in [-0.2, 0) is 20.1 Å². The van der Waals surface area contributed by atoms with Crippen molar-refractivity contribution >= 4 is 34.2 Å². The normalized spacial score (nSPS) is 11.1. The minimum absolute atomic E-state index is 0.0725. The predicted molar refractivity (Wildman–Crippen MR) is 138 cm³/mol. The molecule has 0 bridgehead atoms. The molecule has 10 heteroatoms. The quantitative estimate of drug-likeness (QED) is 0.328. The molecule has 0 saturated carbocycles. The maximum absolute atomic E-state index is 13.0. The van der Waals surface area contributed by atoms with E-state index in [1.807, 2.05) is 67.9 Å². The van der Waals surface area contributed by atoms with Crippen molar-refractivity contribution in [2.45, 2.75) is 26.9 Å². The van der Waals surface area contributed by atoms with E-state index in [9.17, 15) is 4.79 Å². The maximum atomic E-state index is 13.0. The summed E-state index contributed by atoms with van der Waals surface area (Å²) in [5, 5.41) is 11.7. The molecule has 36 heavy (non-hydrogen) atoms. The lowest BCUT2D eigenvalue weighted by Gasteiger charge is -2.13. The molecule has 0 aliphatic carbocycles. The summed E-state index contributed by atoms with van der Waals surface area (Å²) in [6.45, 7) is 4.57. The van der Waals surface area contributed by atoms with E-state index >= 15 is 0 Å². The monoisotopic (exact) mass is 501 g/mol. The van der Waals surface area contributed by atoms with Gasteiger partial charge in [-0.1, -0.05) is 35.0 Å². The van der Waals surface area contributed by atoms with E-state index in [1.54, 1.807) is 12.5 Å². The van der Waals surface area contributed by atoms with Crippen molar-refractivity contribution in [3.8, 4) is 11.1 Å². The molecule has 0 spiro atoms. The Morgan fingerprint density at radius 3 is 2.69 bits per heavy atom. The summed E-state index contributed by atoms with van der Waals surface area (Å²) in [5.41, 5.74) is 5.15. The van der Waals surface area contributed by atoms with Gasteiger partial charge in [0.1, 0.15) is 11.6 Å². The number of benzene rings is 2. The summed E-state index contributed by atoms with van der Waals surface area (Å²) in [5.74, 6) is 0.966. The molecule has 3 aromatic heterocycles. The largest absolute Gasteiger partial charge is 0.365 e. The highest BCUT2D eigenvalue weighted by molar-refractivity contribution is 6.30. The van der Waals surface area contributed by atoms with Gasteiger partial charge in [-0.15, -0.1) is 0 Å². The van der Waals surface area contributed by atoms with E-state index in [2.05, 4.69) is 30.7 Å². The number of nitrogens with zero attached hydrogens (tertiary/aromatic N) is 5. The van der Waals surface area contributed by atoms with Gasteiger partial charge in [0, 0.05) is 35.8 Å². The third kappa shape index (κ3) is 4.78. The number of hydrogen-bond acceptors (Lipinski definition) is 7. The molecule has 1 amide bonds. The van der Waals surface area contributed by atoms with Crippen LogP contribution < -0.4 is 10.6 Å². The molecule has 2 N–H and O–H groups in total. The minimum atomic E-state index is -0.376. The van der Waals surface area contributed by atoms with Gasteiger partial charge < -0.3 is 19.7 Å². The van der Waals surface area contributed by atoms with Gasteiger partial charge in [-0.05, 0) is 49.2 Å². The Kier molecular flexibility index (Phi) is 6.39. The van der Waals surface area contributed by atoms with Crippen molar-refractivity contribution in [2.24, 2.45) is 7.05 Å². The number of halogens is 1. The van der Waals surface area contributed by atoms with Crippen LogP contribution >= 0.6 is 11.6 Å². The van der Waals surface area contributed by atoms with Crippen LogP contribution in [0, 0.1) is 13.8 Å². The Morgan fingerprint density at radius 2 is 1.97 bits per heavy atom. The number of fused-ring (bicyclic) bond motifs is 1. The number of imidazole rings is 1. The van der Waals surface area contributed by atoms with Crippen molar-refractivity contribution < 1.29 is 9.32 Å². The Morgan fingerprint density at radius 1 is 1.11 bits per heavy atom. The zero-order valence-electron chi connectivity index (χ0n) is 20.0. The topological polar surface area (TPSA) is 111 Å². The van der Waals surface area contributed by atoms with Gasteiger partial charge >= 0.3 is 0 Å². The van der Waals surface area contributed by atoms with Crippen LogP contribution in [-0.4, -0.2) is 30.6 Å². The molecule has 0 aliphatic rings. The van der Waals surface area contributed by atoms with E-state index in [1.165, 1.54) is 0 Å². The lowest BCUT2D eigenvalue weighted by molar-refractivity contribution is 0.0940. The minimum Gasteiger partial charge on any atom is -0.365 e. The van der Waals surface area contributed by atoms with Crippen molar-refractivity contribution in [1.82, 2.24) is 30.0 Å². The van der Waals surface area contributed by atoms with E-state index in [0.29, 0.717) is 29.4 Å². The first kappa shape index (κ1) is 23.5. The van der Waals surface area contributed by atoms with E-state index < -0.39 is 0 Å². The Hall–Kier alpha value is -4.24. The average Bonchev–Trinajstić information content (AvgIpc) is 3.44. The number of nitrogens with one attached hydrogen (secondary N) is 2. The average molecular weight is 502 g/mol. The molecule has 9 nitrogen and oxygen atoms in total. The second-order valence-electron chi connectivity index (χ2n) is 8.49. The molecule has 5 aromatic rings. The van der Waals surface area contributed by atoms with Crippen LogP contribution in [0.1, 0.15) is 33.3 Å². The van der Waals surface area contributed by atoms with Gasteiger partial charge in [-0.3, -0.25) is 4.79 Å². The predicted octanol–water partition coefficient (Wildman–Crippen LogP) is 4.83. The van der Waals surface area contributed by atoms with E-state index in [4.69, 9.17) is 16.1 Å². The summed E-state index contributed by atoms with van der Waals surface area (Å²) in [6, 6.07) is 13.4. The molecular formula is C26H24ClN7O2. The molecule has 5 rings (SSSR count). The first-order valence-corrected chi connectivity index (χ1v) is 11.7. The summed E-state index contributed by atoms with van der Waals surface area (Å²) in [6.07, 6.45) is 3.39. The summed E-state index contributed by atoms with van der Waals surface area (Å²) in [7, 11) is 1.87. The number of anilines is 1. The van der Waals surface area contributed by atoms with Crippen LogP contribution in [0.25, 0.3) is 22.0 Å². The lowest BCUT2D eigenvalue weighted by Crippen LogP contribution is -2.26. The molecular weight excluding hydrogens is 478 g/mol. The molecule has 0 unspecified atom stereocenters. The first-order chi connectivity index (χ1) is 17.4. The van der Waals surface area contributed by atoms with Crippen molar-refractivity contribution in [3.63, 3.8) is 0 Å². The third-order valence-electron chi connectivity index (χ3n) is 5.92. The molecule has 3 heterocycles. The van der Waals surface area contributed by atoms with Gasteiger partial charge in [-0.2, -0.15) is 0 Å².